The Morgan fingerprint density at radius 1 is 1.33 bits per heavy atom. The summed E-state index contributed by atoms with van der Waals surface area (Å²) in [6.07, 6.45) is -5.16. The lowest BCUT2D eigenvalue weighted by molar-refractivity contribution is -0.360. The third-order valence-electron chi connectivity index (χ3n) is 2.03. The van der Waals surface area contributed by atoms with Gasteiger partial charge in [-0.05, 0) is 18.2 Å². The largest absolute Gasteiger partial charge is 0.869 e. The van der Waals surface area contributed by atoms with Crippen molar-refractivity contribution in [3.8, 4) is 0 Å². The Bertz CT molecular complexity index is 447. The summed E-state index contributed by atoms with van der Waals surface area (Å²) in [6, 6.07) is 6.89. The Hall–Kier alpha value is -1.98. The van der Waals surface area contributed by atoms with E-state index in [-0.39, 0.29) is 12.7 Å². The van der Waals surface area contributed by atoms with Crippen LogP contribution in [0.4, 0.5) is 13.2 Å². The maximum absolute atomic E-state index is 11.8. The fourth-order valence-corrected chi connectivity index (χ4v) is 1.07. The molecule has 0 aliphatic rings. The van der Waals surface area contributed by atoms with E-state index < -0.39 is 17.9 Å². The Morgan fingerprint density at radius 2 is 1.89 bits per heavy atom. The van der Waals surface area contributed by atoms with Crippen molar-refractivity contribution in [2.24, 2.45) is 0 Å². The number of carbonyl (C=O) groups excluding carboxylic acids is 1. The van der Waals surface area contributed by atoms with E-state index in [4.69, 9.17) is 0 Å². The third-order valence-corrected chi connectivity index (χ3v) is 2.03. The van der Waals surface area contributed by atoms with Crippen LogP contribution in [-0.2, 0) is 16.1 Å². The normalized spacial score (nSPS) is 12.3. The molecule has 0 fully saturated rings. The molecular formula is C12H10F3O3-. The minimum atomic E-state index is -5.05. The van der Waals surface area contributed by atoms with Gasteiger partial charge in [0.1, 0.15) is 6.61 Å². The molecular weight excluding hydrogens is 249 g/mol. The van der Waals surface area contributed by atoms with E-state index in [1.165, 1.54) is 0 Å². The first-order valence-corrected chi connectivity index (χ1v) is 4.97. The zero-order chi connectivity index (χ0) is 13.8. The van der Waals surface area contributed by atoms with E-state index in [0.717, 1.165) is 5.56 Å². The van der Waals surface area contributed by atoms with Crippen LogP contribution in [0.25, 0.3) is 0 Å². The summed E-state index contributed by atoms with van der Waals surface area (Å²) in [7, 11) is 0. The molecule has 0 unspecified atom stereocenters. The number of allylic oxidation sites excluding steroid dienone is 1. The summed E-state index contributed by atoms with van der Waals surface area (Å²) in [6.45, 7) is 1.69. The molecule has 1 aromatic rings. The summed E-state index contributed by atoms with van der Waals surface area (Å²) in [5.41, 5.74) is 1.63. The van der Waals surface area contributed by atoms with Gasteiger partial charge in [-0.2, -0.15) is 13.2 Å². The number of benzene rings is 1. The first-order valence-electron chi connectivity index (χ1n) is 4.97. The molecule has 0 aliphatic carbocycles. The topological polar surface area (TPSA) is 49.4 Å². The predicted molar refractivity (Wildman–Crippen MR) is 55.1 cm³/mol. The Morgan fingerprint density at radius 3 is 2.39 bits per heavy atom. The van der Waals surface area contributed by atoms with Crippen LogP contribution in [0.1, 0.15) is 11.1 Å². The quantitative estimate of drug-likeness (QED) is 0.473. The number of hydrogen-bond acceptors (Lipinski definition) is 3. The van der Waals surface area contributed by atoms with Crippen LogP contribution < -0.4 is 5.11 Å². The van der Waals surface area contributed by atoms with Crippen molar-refractivity contribution < 1.29 is 27.8 Å². The van der Waals surface area contributed by atoms with Gasteiger partial charge >= 0.3 is 12.1 Å². The minimum absolute atomic E-state index is 0.103. The fraction of sp³-hybridized carbons (Fsp3) is 0.250. The van der Waals surface area contributed by atoms with Crippen LogP contribution in [0.15, 0.2) is 36.1 Å². The smallest absolute Gasteiger partial charge is 0.402 e. The number of halogens is 3. The number of ether oxygens (including phenoxy) is 1. The highest BCUT2D eigenvalue weighted by molar-refractivity contribution is 5.82. The average molecular weight is 259 g/mol. The molecule has 1 aromatic carbocycles. The zero-order valence-electron chi connectivity index (χ0n) is 9.45. The number of rotatable bonds is 3. The fourth-order valence-electron chi connectivity index (χ4n) is 1.07. The molecule has 0 bridgehead atoms. The molecule has 0 N–H and O–H groups in total. The highest BCUT2D eigenvalue weighted by Crippen LogP contribution is 2.20. The molecule has 1 rings (SSSR count). The summed E-state index contributed by atoms with van der Waals surface area (Å²) in [5.74, 6) is -3.53. The molecule has 18 heavy (non-hydrogen) atoms. The van der Waals surface area contributed by atoms with Gasteiger partial charge in [0.25, 0.3) is 0 Å². The summed E-state index contributed by atoms with van der Waals surface area (Å²) < 4.78 is 40.0. The van der Waals surface area contributed by atoms with E-state index in [1.54, 1.807) is 24.3 Å². The van der Waals surface area contributed by atoms with Crippen molar-refractivity contribution in [2.45, 2.75) is 19.7 Å². The molecule has 3 nitrogen and oxygen atoms in total. The van der Waals surface area contributed by atoms with Gasteiger partial charge in [-0.1, -0.05) is 29.8 Å². The molecule has 6 heteroatoms. The Balaban J connectivity index is 2.54. The number of carbonyl (C=O) groups is 1. The standard InChI is InChI=1S/C12H11F3O3/c1-8-2-4-9(5-3-8)7-18-11(17)6-10(16)12(13,14)15/h2-6,16H,7H2,1H3/p-1/b10-6-. The monoisotopic (exact) mass is 259 g/mol. The van der Waals surface area contributed by atoms with Crippen molar-refractivity contribution in [2.75, 3.05) is 0 Å². The molecule has 98 valence electrons. The lowest BCUT2D eigenvalue weighted by Crippen LogP contribution is -2.24. The van der Waals surface area contributed by atoms with Crippen LogP contribution in [0.5, 0.6) is 0 Å². The summed E-state index contributed by atoms with van der Waals surface area (Å²) in [4.78, 5) is 10.9. The van der Waals surface area contributed by atoms with Gasteiger partial charge in [-0.15, -0.1) is 0 Å². The van der Waals surface area contributed by atoms with Crippen LogP contribution in [-0.4, -0.2) is 12.1 Å². The van der Waals surface area contributed by atoms with Crippen molar-refractivity contribution in [3.63, 3.8) is 0 Å². The summed E-state index contributed by atoms with van der Waals surface area (Å²) >= 11 is 0. The molecule has 0 heterocycles. The van der Waals surface area contributed by atoms with Gasteiger partial charge < -0.3 is 9.84 Å². The maximum Gasteiger partial charge on any atom is 0.402 e. The van der Waals surface area contributed by atoms with Gasteiger partial charge in [0.15, 0.2) is 0 Å². The number of aryl methyl sites for hydroxylation is 1. The Labute approximate surface area is 101 Å². The van der Waals surface area contributed by atoms with Crippen LogP contribution in [0.3, 0.4) is 0 Å². The van der Waals surface area contributed by atoms with Crippen molar-refractivity contribution in [1.82, 2.24) is 0 Å². The summed E-state index contributed by atoms with van der Waals surface area (Å²) in [5, 5.41) is 10.4. The molecule has 0 spiro atoms. The van der Waals surface area contributed by atoms with Gasteiger partial charge in [-0.25, -0.2) is 4.79 Å². The van der Waals surface area contributed by atoms with E-state index in [0.29, 0.717) is 5.56 Å². The second-order valence-electron chi connectivity index (χ2n) is 3.60. The second kappa shape index (κ2) is 5.57. The number of alkyl halides is 3. The second-order valence-corrected chi connectivity index (χ2v) is 3.60. The molecule has 0 aliphatic heterocycles. The van der Waals surface area contributed by atoms with E-state index >= 15 is 0 Å². The van der Waals surface area contributed by atoms with Crippen molar-refractivity contribution in [1.29, 1.82) is 0 Å². The first-order chi connectivity index (χ1) is 8.29. The average Bonchev–Trinajstić information content (AvgIpc) is 2.27. The minimum Gasteiger partial charge on any atom is -0.869 e. The number of hydrogen-bond donors (Lipinski definition) is 0. The van der Waals surface area contributed by atoms with Gasteiger partial charge in [0.2, 0.25) is 0 Å². The van der Waals surface area contributed by atoms with E-state index in [2.05, 4.69) is 4.74 Å². The molecule has 0 amide bonds. The maximum atomic E-state index is 11.8. The molecule has 0 aromatic heterocycles. The lowest BCUT2D eigenvalue weighted by atomic mass is 10.2. The van der Waals surface area contributed by atoms with Crippen LogP contribution in [0.2, 0.25) is 0 Å². The molecule has 0 saturated carbocycles. The van der Waals surface area contributed by atoms with Crippen molar-refractivity contribution >= 4 is 5.97 Å². The van der Waals surface area contributed by atoms with Gasteiger partial charge in [0, 0.05) is 6.08 Å². The molecule has 0 radical (unpaired) electrons. The SMILES string of the molecule is Cc1ccc(COC(=O)/C=C(\[O-])C(F)(F)F)cc1. The third kappa shape index (κ3) is 4.48. The molecule has 0 saturated heterocycles. The van der Waals surface area contributed by atoms with Crippen molar-refractivity contribution in [3.05, 3.63) is 47.2 Å². The van der Waals surface area contributed by atoms with Crippen LogP contribution in [0, 0.1) is 6.92 Å². The molecule has 0 atom stereocenters. The van der Waals surface area contributed by atoms with E-state index in [1.807, 2.05) is 6.92 Å². The van der Waals surface area contributed by atoms with Crippen LogP contribution >= 0.6 is 0 Å². The lowest BCUT2D eigenvalue weighted by Gasteiger charge is -2.14. The first kappa shape index (κ1) is 14.1. The van der Waals surface area contributed by atoms with Gasteiger partial charge in [-0.3, -0.25) is 0 Å². The Kier molecular flexibility index (Phi) is 4.36. The van der Waals surface area contributed by atoms with Gasteiger partial charge in [0.05, 0.1) is 0 Å². The zero-order valence-corrected chi connectivity index (χ0v) is 9.45. The highest BCUT2D eigenvalue weighted by atomic mass is 19.4. The van der Waals surface area contributed by atoms with E-state index in [9.17, 15) is 23.1 Å². The predicted octanol–water partition coefficient (Wildman–Crippen LogP) is 1.84. The number of esters is 1. The highest BCUT2D eigenvalue weighted by Gasteiger charge is 2.26.